The van der Waals surface area contributed by atoms with E-state index in [0.29, 0.717) is 5.75 Å². The third-order valence-electron chi connectivity index (χ3n) is 2.11. The fourth-order valence-electron chi connectivity index (χ4n) is 1.25. The van der Waals surface area contributed by atoms with Crippen LogP contribution in [0.1, 0.15) is 13.8 Å². The van der Waals surface area contributed by atoms with E-state index in [-0.39, 0.29) is 12.6 Å². The van der Waals surface area contributed by atoms with Crippen molar-refractivity contribution < 1.29 is 19.4 Å². The van der Waals surface area contributed by atoms with Crippen molar-refractivity contribution in [3.05, 3.63) is 30.3 Å². The first-order valence-corrected chi connectivity index (χ1v) is 5.26. The van der Waals surface area contributed by atoms with Crippen LogP contribution in [-0.4, -0.2) is 34.7 Å². The van der Waals surface area contributed by atoms with Gasteiger partial charge in [-0.2, -0.15) is 0 Å². The summed E-state index contributed by atoms with van der Waals surface area (Å²) in [5.41, 5.74) is 0. The molecule has 17 heavy (non-hydrogen) atoms. The molecule has 1 aromatic rings. The molecule has 0 aliphatic heterocycles. The van der Waals surface area contributed by atoms with Gasteiger partial charge in [0.2, 0.25) is 0 Å². The molecule has 1 N–H and O–H groups in total. The van der Waals surface area contributed by atoms with Gasteiger partial charge >= 0.3 is 12.1 Å². The molecule has 0 saturated heterocycles. The normalized spacial score (nSPS) is 10.1. The summed E-state index contributed by atoms with van der Waals surface area (Å²) in [4.78, 5) is 23.5. The van der Waals surface area contributed by atoms with Gasteiger partial charge in [0.15, 0.2) is 0 Å². The predicted molar refractivity (Wildman–Crippen MR) is 61.9 cm³/mol. The van der Waals surface area contributed by atoms with Crippen LogP contribution in [0.5, 0.6) is 5.75 Å². The van der Waals surface area contributed by atoms with Crippen molar-refractivity contribution in [1.29, 1.82) is 0 Å². The molecule has 0 atom stereocenters. The van der Waals surface area contributed by atoms with E-state index in [9.17, 15) is 9.59 Å². The maximum Gasteiger partial charge on any atom is 0.415 e. The fourth-order valence-corrected chi connectivity index (χ4v) is 1.25. The molecule has 92 valence electrons. The zero-order chi connectivity index (χ0) is 12.8. The van der Waals surface area contributed by atoms with Gasteiger partial charge < -0.3 is 9.84 Å². The summed E-state index contributed by atoms with van der Waals surface area (Å²) < 4.78 is 5.06. The number of aliphatic carboxylic acids is 1. The van der Waals surface area contributed by atoms with Gasteiger partial charge in [0.1, 0.15) is 12.3 Å². The molecular formula is C12H15NO4. The van der Waals surface area contributed by atoms with Crippen molar-refractivity contribution in [2.75, 3.05) is 6.54 Å². The Labute approximate surface area is 99.6 Å². The molecule has 0 fully saturated rings. The van der Waals surface area contributed by atoms with Crippen molar-refractivity contribution in [1.82, 2.24) is 4.90 Å². The largest absolute Gasteiger partial charge is 0.480 e. The molecule has 0 spiro atoms. The van der Waals surface area contributed by atoms with Crippen LogP contribution in [0.25, 0.3) is 0 Å². The number of hydrogen-bond acceptors (Lipinski definition) is 3. The Morgan fingerprint density at radius 2 is 1.88 bits per heavy atom. The van der Waals surface area contributed by atoms with Crippen molar-refractivity contribution >= 4 is 12.1 Å². The molecule has 0 heterocycles. The first-order chi connectivity index (χ1) is 8.00. The Balaban J connectivity index is 2.69. The Hall–Kier alpha value is -2.04. The molecular weight excluding hydrogens is 222 g/mol. The van der Waals surface area contributed by atoms with Crippen LogP contribution in [-0.2, 0) is 4.79 Å². The van der Waals surface area contributed by atoms with E-state index in [2.05, 4.69) is 0 Å². The number of carbonyl (C=O) groups is 2. The van der Waals surface area contributed by atoms with Gasteiger partial charge in [-0.15, -0.1) is 0 Å². The lowest BCUT2D eigenvalue weighted by molar-refractivity contribution is -0.138. The second-order valence-electron chi connectivity index (χ2n) is 3.80. The van der Waals surface area contributed by atoms with Crippen molar-refractivity contribution in [2.45, 2.75) is 19.9 Å². The number of hydrogen-bond donors (Lipinski definition) is 1. The van der Waals surface area contributed by atoms with Gasteiger partial charge in [0.25, 0.3) is 0 Å². The first kappa shape index (κ1) is 13.0. The molecule has 1 amide bonds. The summed E-state index contributed by atoms with van der Waals surface area (Å²) in [6, 6.07) is 8.31. The quantitative estimate of drug-likeness (QED) is 0.869. The van der Waals surface area contributed by atoms with Gasteiger partial charge in [-0.05, 0) is 26.0 Å². The van der Waals surface area contributed by atoms with Gasteiger partial charge in [-0.1, -0.05) is 18.2 Å². The SMILES string of the molecule is CC(C)N(CC(=O)O)C(=O)Oc1ccccc1. The number of para-hydroxylation sites is 1. The van der Waals surface area contributed by atoms with Gasteiger partial charge in [0.05, 0.1) is 0 Å². The summed E-state index contributed by atoms with van der Waals surface area (Å²) in [5.74, 6) is -0.669. The van der Waals surface area contributed by atoms with Crippen LogP contribution in [0, 0.1) is 0 Å². The van der Waals surface area contributed by atoms with Crippen LogP contribution in [0.15, 0.2) is 30.3 Å². The first-order valence-electron chi connectivity index (χ1n) is 5.26. The molecule has 0 bridgehead atoms. The predicted octanol–water partition coefficient (Wildman–Crippen LogP) is 1.98. The van der Waals surface area contributed by atoms with Crippen LogP contribution in [0.3, 0.4) is 0 Å². The van der Waals surface area contributed by atoms with Crippen molar-refractivity contribution in [2.24, 2.45) is 0 Å². The Kier molecular flexibility index (Phi) is 4.51. The number of benzene rings is 1. The monoisotopic (exact) mass is 237 g/mol. The number of carboxylic acid groups (broad SMARTS) is 1. The van der Waals surface area contributed by atoms with E-state index >= 15 is 0 Å². The third-order valence-corrected chi connectivity index (χ3v) is 2.11. The smallest absolute Gasteiger partial charge is 0.415 e. The second kappa shape index (κ2) is 5.89. The summed E-state index contributed by atoms with van der Waals surface area (Å²) in [7, 11) is 0. The topological polar surface area (TPSA) is 66.8 Å². The van der Waals surface area contributed by atoms with Gasteiger partial charge in [-0.25, -0.2) is 4.79 Å². The maximum absolute atomic E-state index is 11.7. The van der Waals surface area contributed by atoms with E-state index < -0.39 is 12.1 Å². The summed E-state index contributed by atoms with van der Waals surface area (Å²) in [5, 5.41) is 8.70. The highest BCUT2D eigenvalue weighted by Gasteiger charge is 2.21. The summed E-state index contributed by atoms with van der Waals surface area (Å²) in [6.07, 6.45) is -0.659. The Morgan fingerprint density at radius 1 is 1.29 bits per heavy atom. The molecule has 1 aromatic carbocycles. The number of amides is 1. The average molecular weight is 237 g/mol. The molecule has 0 unspecified atom stereocenters. The molecule has 1 rings (SSSR count). The Morgan fingerprint density at radius 3 is 2.35 bits per heavy atom. The maximum atomic E-state index is 11.7. The number of carboxylic acids is 1. The van der Waals surface area contributed by atoms with E-state index in [0.717, 1.165) is 4.90 Å². The molecule has 5 heteroatoms. The number of nitrogens with zero attached hydrogens (tertiary/aromatic N) is 1. The lowest BCUT2D eigenvalue weighted by Crippen LogP contribution is -2.42. The summed E-state index contributed by atoms with van der Waals surface area (Å²) in [6.45, 7) is 3.09. The van der Waals surface area contributed by atoms with Gasteiger partial charge in [0, 0.05) is 6.04 Å². The number of rotatable bonds is 4. The highest BCUT2D eigenvalue weighted by molar-refractivity contribution is 5.78. The standard InChI is InChI=1S/C12H15NO4/c1-9(2)13(8-11(14)15)12(16)17-10-6-4-3-5-7-10/h3-7,9H,8H2,1-2H3,(H,14,15). The average Bonchev–Trinajstić information content (AvgIpc) is 2.26. The third kappa shape index (κ3) is 4.14. The second-order valence-corrected chi connectivity index (χ2v) is 3.80. The molecule has 0 aliphatic carbocycles. The number of ether oxygens (including phenoxy) is 1. The Bertz CT molecular complexity index is 389. The lowest BCUT2D eigenvalue weighted by atomic mass is 10.3. The molecule has 0 aromatic heterocycles. The highest BCUT2D eigenvalue weighted by atomic mass is 16.6. The van der Waals surface area contributed by atoms with Crippen molar-refractivity contribution in [3.8, 4) is 5.75 Å². The van der Waals surface area contributed by atoms with Gasteiger partial charge in [-0.3, -0.25) is 9.69 Å². The lowest BCUT2D eigenvalue weighted by Gasteiger charge is -2.23. The minimum absolute atomic E-state index is 0.234. The van der Waals surface area contributed by atoms with E-state index in [4.69, 9.17) is 9.84 Å². The zero-order valence-electron chi connectivity index (χ0n) is 9.79. The fraction of sp³-hybridized carbons (Fsp3) is 0.333. The van der Waals surface area contributed by atoms with E-state index in [1.54, 1.807) is 44.2 Å². The molecule has 0 aliphatic rings. The number of carbonyl (C=O) groups excluding carboxylic acids is 1. The highest BCUT2D eigenvalue weighted by Crippen LogP contribution is 2.11. The van der Waals surface area contributed by atoms with E-state index in [1.165, 1.54) is 0 Å². The van der Waals surface area contributed by atoms with Crippen LogP contribution in [0.2, 0.25) is 0 Å². The summed E-state index contributed by atoms with van der Waals surface area (Å²) >= 11 is 0. The molecule has 0 saturated carbocycles. The zero-order valence-corrected chi connectivity index (χ0v) is 9.79. The minimum Gasteiger partial charge on any atom is -0.480 e. The molecule has 5 nitrogen and oxygen atoms in total. The minimum atomic E-state index is -1.07. The van der Waals surface area contributed by atoms with Crippen molar-refractivity contribution in [3.63, 3.8) is 0 Å². The molecule has 0 radical (unpaired) electrons. The van der Waals surface area contributed by atoms with Crippen LogP contribution >= 0.6 is 0 Å². The van der Waals surface area contributed by atoms with E-state index in [1.807, 2.05) is 0 Å². The van der Waals surface area contributed by atoms with Crippen LogP contribution in [0.4, 0.5) is 4.79 Å². The van der Waals surface area contributed by atoms with Crippen LogP contribution < -0.4 is 4.74 Å².